The standard InChI is InChI=1S/C27H22N4O2S2/c32-24(18-34-26-30-22-12-4-5-13-23(22)35-26)31-25(19-8-2-1-3-9-19)27(33,20-10-6-14-28-16-20)21-11-7-15-29-17-21/h1-17,25,33H,18H2,(H,31,32). The van der Waals surface area contributed by atoms with Gasteiger partial charge in [-0.25, -0.2) is 4.98 Å². The van der Waals surface area contributed by atoms with Crippen molar-refractivity contribution in [2.75, 3.05) is 5.75 Å². The normalized spacial score (nSPS) is 12.4. The minimum absolute atomic E-state index is 0.166. The molecule has 3 aromatic heterocycles. The van der Waals surface area contributed by atoms with Crippen LogP contribution in [0.3, 0.4) is 0 Å². The zero-order chi connectivity index (χ0) is 24.1. The minimum atomic E-state index is -1.60. The minimum Gasteiger partial charge on any atom is -0.378 e. The fraction of sp³-hybridized carbons (Fsp3) is 0.111. The van der Waals surface area contributed by atoms with Crippen molar-refractivity contribution in [3.63, 3.8) is 0 Å². The van der Waals surface area contributed by atoms with Gasteiger partial charge < -0.3 is 10.4 Å². The Bertz CT molecular complexity index is 1340. The van der Waals surface area contributed by atoms with Crippen molar-refractivity contribution >= 4 is 39.2 Å². The molecule has 6 nitrogen and oxygen atoms in total. The van der Waals surface area contributed by atoms with E-state index in [0.717, 1.165) is 20.1 Å². The molecule has 0 saturated carbocycles. The number of pyridine rings is 2. The van der Waals surface area contributed by atoms with E-state index in [2.05, 4.69) is 20.3 Å². The average molecular weight is 499 g/mol. The molecule has 0 bridgehead atoms. The molecule has 35 heavy (non-hydrogen) atoms. The molecule has 0 radical (unpaired) electrons. The number of thiazole rings is 1. The van der Waals surface area contributed by atoms with Crippen LogP contribution >= 0.6 is 23.1 Å². The lowest BCUT2D eigenvalue weighted by Gasteiger charge is -2.37. The van der Waals surface area contributed by atoms with E-state index in [4.69, 9.17) is 0 Å². The van der Waals surface area contributed by atoms with Crippen molar-refractivity contribution in [2.24, 2.45) is 0 Å². The van der Waals surface area contributed by atoms with Crippen molar-refractivity contribution < 1.29 is 9.90 Å². The van der Waals surface area contributed by atoms with Gasteiger partial charge in [0.1, 0.15) is 5.60 Å². The molecule has 3 heterocycles. The van der Waals surface area contributed by atoms with Crippen LogP contribution in [0.4, 0.5) is 0 Å². The second kappa shape index (κ2) is 10.4. The molecule has 2 N–H and O–H groups in total. The number of fused-ring (bicyclic) bond motifs is 1. The zero-order valence-corrected chi connectivity index (χ0v) is 20.2. The van der Waals surface area contributed by atoms with E-state index in [1.165, 1.54) is 11.8 Å². The fourth-order valence-electron chi connectivity index (χ4n) is 3.99. The summed E-state index contributed by atoms with van der Waals surface area (Å²) in [6.45, 7) is 0. The molecule has 0 aliphatic rings. The molecule has 0 fully saturated rings. The molecule has 8 heteroatoms. The number of aromatic nitrogens is 3. The third-order valence-corrected chi connectivity index (χ3v) is 7.84. The highest BCUT2D eigenvalue weighted by Gasteiger charge is 2.42. The molecule has 5 aromatic rings. The maximum atomic E-state index is 13.2. The van der Waals surface area contributed by atoms with Crippen molar-refractivity contribution in [1.82, 2.24) is 20.3 Å². The Morgan fingerprint density at radius 3 is 2.20 bits per heavy atom. The van der Waals surface area contributed by atoms with Gasteiger partial charge in [-0.3, -0.25) is 14.8 Å². The van der Waals surface area contributed by atoms with E-state index in [1.54, 1.807) is 60.4 Å². The van der Waals surface area contributed by atoms with Crippen LogP contribution in [0.2, 0.25) is 0 Å². The summed E-state index contributed by atoms with van der Waals surface area (Å²) in [6, 6.07) is 23.7. The molecule has 174 valence electrons. The van der Waals surface area contributed by atoms with Gasteiger partial charge in [-0.2, -0.15) is 0 Å². The summed E-state index contributed by atoms with van der Waals surface area (Å²) in [5.41, 5.74) is 1.20. The lowest BCUT2D eigenvalue weighted by molar-refractivity contribution is -0.121. The van der Waals surface area contributed by atoms with Gasteiger partial charge in [0, 0.05) is 35.9 Å². The summed E-state index contributed by atoms with van der Waals surface area (Å²) in [7, 11) is 0. The first-order chi connectivity index (χ1) is 17.1. The van der Waals surface area contributed by atoms with Gasteiger partial charge in [-0.15, -0.1) is 11.3 Å². The van der Waals surface area contributed by atoms with Crippen LogP contribution in [0.5, 0.6) is 0 Å². The second-order valence-electron chi connectivity index (χ2n) is 7.90. The number of nitrogens with one attached hydrogen (secondary N) is 1. The van der Waals surface area contributed by atoms with Crippen LogP contribution in [0.15, 0.2) is 108 Å². The van der Waals surface area contributed by atoms with Gasteiger partial charge in [-0.1, -0.05) is 66.4 Å². The number of hydrogen-bond acceptors (Lipinski definition) is 7. The number of aliphatic hydroxyl groups is 1. The lowest BCUT2D eigenvalue weighted by atomic mass is 9.78. The summed E-state index contributed by atoms with van der Waals surface area (Å²) < 4.78 is 1.91. The summed E-state index contributed by atoms with van der Waals surface area (Å²) >= 11 is 2.94. The average Bonchev–Trinajstić information content (AvgIpc) is 3.35. The van der Waals surface area contributed by atoms with E-state index in [9.17, 15) is 9.90 Å². The van der Waals surface area contributed by atoms with E-state index in [0.29, 0.717) is 11.1 Å². The maximum Gasteiger partial charge on any atom is 0.231 e. The van der Waals surface area contributed by atoms with E-state index in [1.807, 2.05) is 54.6 Å². The van der Waals surface area contributed by atoms with Gasteiger partial charge in [0.25, 0.3) is 0 Å². The molecule has 0 saturated heterocycles. The van der Waals surface area contributed by atoms with Crippen LogP contribution in [-0.4, -0.2) is 31.7 Å². The smallest absolute Gasteiger partial charge is 0.231 e. The Hall–Kier alpha value is -3.59. The topological polar surface area (TPSA) is 88.0 Å². The SMILES string of the molecule is O=C(CSc1nc2ccccc2s1)NC(c1ccccc1)C(O)(c1cccnc1)c1cccnc1. The highest BCUT2D eigenvalue weighted by Crippen LogP contribution is 2.41. The van der Waals surface area contributed by atoms with E-state index >= 15 is 0 Å². The Morgan fingerprint density at radius 1 is 0.914 bits per heavy atom. The molecular weight excluding hydrogens is 476 g/mol. The zero-order valence-electron chi connectivity index (χ0n) is 18.6. The number of benzene rings is 2. The van der Waals surface area contributed by atoms with Crippen LogP contribution < -0.4 is 5.32 Å². The Balaban J connectivity index is 1.47. The van der Waals surface area contributed by atoms with E-state index < -0.39 is 11.6 Å². The number of para-hydroxylation sites is 1. The number of rotatable bonds is 8. The Kier molecular flexibility index (Phi) is 6.85. The van der Waals surface area contributed by atoms with Crippen LogP contribution in [0.25, 0.3) is 10.2 Å². The van der Waals surface area contributed by atoms with Gasteiger partial charge in [-0.05, 0) is 29.8 Å². The molecule has 0 aliphatic carbocycles. The molecule has 2 aromatic carbocycles. The molecule has 1 amide bonds. The number of carbonyl (C=O) groups is 1. The predicted molar refractivity (Wildman–Crippen MR) is 139 cm³/mol. The van der Waals surface area contributed by atoms with Crippen LogP contribution in [0, 0.1) is 0 Å². The van der Waals surface area contributed by atoms with Gasteiger partial charge >= 0.3 is 0 Å². The fourth-order valence-corrected chi connectivity index (χ4v) is 5.87. The first kappa shape index (κ1) is 23.2. The van der Waals surface area contributed by atoms with Crippen LogP contribution in [0.1, 0.15) is 22.7 Å². The second-order valence-corrected chi connectivity index (χ2v) is 10.2. The van der Waals surface area contributed by atoms with Crippen molar-refractivity contribution in [2.45, 2.75) is 16.0 Å². The monoisotopic (exact) mass is 498 g/mol. The van der Waals surface area contributed by atoms with Crippen molar-refractivity contribution in [1.29, 1.82) is 0 Å². The maximum absolute atomic E-state index is 13.2. The quantitative estimate of drug-likeness (QED) is 0.294. The Labute approximate surface area is 211 Å². The van der Waals surface area contributed by atoms with Gasteiger partial charge in [0.2, 0.25) is 5.91 Å². The molecule has 0 spiro atoms. The highest BCUT2D eigenvalue weighted by molar-refractivity contribution is 8.01. The summed E-state index contributed by atoms with van der Waals surface area (Å²) in [6.07, 6.45) is 6.53. The van der Waals surface area contributed by atoms with Gasteiger partial charge in [0.15, 0.2) is 4.34 Å². The summed E-state index contributed by atoms with van der Waals surface area (Å²) in [5.74, 6) is -0.0476. The highest BCUT2D eigenvalue weighted by atomic mass is 32.2. The number of amides is 1. The molecule has 1 unspecified atom stereocenters. The number of hydrogen-bond donors (Lipinski definition) is 2. The van der Waals surface area contributed by atoms with E-state index in [-0.39, 0.29) is 11.7 Å². The van der Waals surface area contributed by atoms with Crippen LogP contribution in [-0.2, 0) is 10.4 Å². The number of nitrogens with zero attached hydrogens (tertiary/aromatic N) is 3. The Morgan fingerprint density at radius 2 is 1.57 bits per heavy atom. The first-order valence-electron chi connectivity index (χ1n) is 11.0. The molecule has 0 aliphatic heterocycles. The third-order valence-electron chi connectivity index (χ3n) is 5.66. The third kappa shape index (κ3) is 4.95. The predicted octanol–water partition coefficient (Wildman–Crippen LogP) is 4.97. The van der Waals surface area contributed by atoms with Crippen molar-refractivity contribution in [3.05, 3.63) is 120 Å². The van der Waals surface area contributed by atoms with Gasteiger partial charge in [0.05, 0.1) is 22.0 Å². The summed E-state index contributed by atoms with van der Waals surface area (Å²) in [4.78, 5) is 26.3. The van der Waals surface area contributed by atoms with Crippen molar-refractivity contribution in [3.8, 4) is 0 Å². The number of carbonyl (C=O) groups excluding carboxylic acids is 1. The molecular formula is C27H22N4O2S2. The molecule has 5 rings (SSSR count). The number of thioether (sulfide) groups is 1. The summed E-state index contributed by atoms with van der Waals surface area (Å²) in [5, 5.41) is 15.4. The largest absolute Gasteiger partial charge is 0.378 e. The molecule has 1 atom stereocenters. The lowest BCUT2D eigenvalue weighted by Crippen LogP contribution is -2.45. The first-order valence-corrected chi connectivity index (χ1v) is 12.8.